The normalized spacial score (nSPS) is 13.7. The van der Waals surface area contributed by atoms with Gasteiger partial charge in [0.2, 0.25) is 0 Å². The second-order valence-corrected chi connectivity index (χ2v) is 7.24. The summed E-state index contributed by atoms with van der Waals surface area (Å²) in [6, 6.07) is 20.0. The highest BCUT2D eigenvalue weighted by Gasteiger charge is 2.28. The third-order valence-corrected chi connectivity index (χ3v) is 4.47. The first-order valence-corrected chi connectivity index (χ1v) is 9.17. The van der Waals surface area contributed by atoms with Crippen LogP contribution in [0.2, 0.25) is 0 Å². The number of carbonyl (C=O) groups is 1. The van der Waals surface area contributed by atoms with Crippen molar-refractivity contribution in [1.29, 1.82) is 0 Å². The first kappa shape index (κ1) is 20.1. The fourth-order valence-corrected chi connectivity index (χ4v) is 3.27. The van der Waals surface area contributed by atoms with Crippen LogP contribution in [0.25, 0.3) is 0 Å². The quantitative estimate of drug-likeness (QED) is 0.678. The van der Waals surface area contributed by atoms with Crippen LogP contribution in [0.15, 0.2) is 60.7 Å². The lowest BCUT2D eigenvalue weighted by atomic mass is 9.94. The molecule has 0 aliphatic heterocycles. The SMILES string of the molecule is CC(C)C[C@@H]([C@H](O)CC(=O)O)N(Cc1ccccc1)Cc1ccccc1. The Balaban J connectivity index is 2.28. The molecule has 0 saturated heterocycles. The number of benzene rings is 2. The molecule has 2 aromatic rings. The Labute approximate surface area is 156 Å². The number of nitrogens with zero attached hydrogens (tertiary/aromatic N) is 1. The molecule has 0 amide bonds. The van der Waals surface area contributed by atoms with Crippen LogP contribution in [-0.4, -0.2) is 33.2 Å². The van der Waals surface area contributed by atoms with Crippen molar-refractivity contribution in [1.82, 2.24) is 4.90 Å². The van der Waals surface area contributed by atoms with E-state index < -0.39 is 12.1 Å². The molecule has 2 rings (SSSR count). The average molecular weight is 355 g/mol. The van der Waals surface area contributed by atoms with Crippen LogP contribution < -0.4 is 0 Å². The zero-order chi connectivity index (χ0) is 18.9. The van der Waals surface area contributed by atoms with E-state index in [9.17, 15) is 9.90 Å². The summed E-state index contributed by atoms with van der Waals surface area (Å²) in [5.74, 6) is -0.608. The molecule has 26 heavy (non-hydrogen) atoms. The van der Waals surface area contributed by atoms with Crippen molar-refractivity contribution < 1.29 is 15.0 Å². The van der Waals surface area contributed by atoms with Crippen molar-refractivity contribution >= 4 is 5.97 Å². The number of carboxylic acids is 1. The van der Waals surface area contributed by atoms with E-state index in [4.69, 9.17) is 5.11 Å². The van der Waals surface area contributed by atoms with Crippen molar-refractivity contribution in [2.45, 2.75) is 51.9 Å². The van der Waals surface area contributed by atoms with Gasteiger partial charge in [0, 0.05) is 19.1 Å². The minimum absolute atomic E-state index is 0.216. The van der Waals surface area contributed by atoms with Crippen molar-refractivity contribution in [3.63, 3.8) is 0 Å². The second-order valence-electron chi connectivity index (χ2n) is 7.24. The van der Waals surface area contributed by atoms with Crippen molar-refractivity contribution in [3.8, 4) is 0 Å². The largest absolute Gasteiger partial charge is 0.481 e. The van der Waals surface area contributed by atoms with Crippen LogP contribution in [0.1, 0.15) is 37.8 Å². The topological polar surface area (TPSA) is 60.8 Å². The zero-order valence-corrected chi connectivity index (χ0v) is 15.6. The number of carboxylic acid groups (broad SMARTS) is 1. The predicted octanol–water partition coefficient (Wildman–Crippen LogP) is 3.94. The van der Waals surface area contributed by atoms with Gasteiger partial charge in [-0.05, 0) is 23.5 Å². The third-order valence-electron chi connectivity index (χ3n) is 4.47. The number of aliphatic carboxylic acids is 1. The summed E-state index contributed by atoms with van der Waals surface area (Å²) < 4.78 is 0. The summed E-state index contributed by atoms with van der Waals surface area (Å²) in [6.45, 7) is 5.54. The number of hydrogen-bond acceptors (Lipinski definition) is 3. The van der Waals surface area contributed by atoms with Gasteiger partial charge in [-0.3, -0.25) is 9.69 Å². The van der Waals surface area contributed by atoms with Crippen molar-refractivity contribution in [2.75, 3.05) is 0 Å². The molecule has 0 aliphatic rings. The van der Waals surface area contributed by atoms with E-state index in [1.54, 1.807) is 0 Å². The Morgan fingerprint density at radius 1 is 0.923 bits per heavy atom. The Morgan fingerprint density at radius 2 is 1.38 bits per heavy atom. The summed E-state index contributed by atoms with van der Waals surface area (Å²) in [4.78, 5) is 13.4. The first-order valence-electron chi connectivity index (χ1n) is 9.17. The second kappa shape index (κ2) is 10.1. The zero-order valence-electron chi connectivity index (χ0n) is 15.6. The lowest BCUT2D eigenvalue weighted by molar-refractivity contribution is -0.140. The van der Waals surface area contributed by atoms with Gasteiger partial charge in [-0.2, -0.15) is 0 Å². The van der Waals surface area contributed by atoms with Gasteiger partial charge in [-0.25, -0.2) is 0 Å². The van der Waals surface area contributed by atoms with E-state index in [0.29, 0.717) is 19.0 Å². The van der Waals surface area contributed by atoms with Gasteiger partial charge in [0.15, 0.2) is 0 Å². The maximum atomic E-state index is 11.2. The van der Waals surface area contributed by atoms with Crippen LogP contribution in [0.4, 0.5) is 0 Å². The van der Waals surface area contributed by atoms with E-state index in [1.165, 1.54) is 0 Å². The highest BCUT2D eigenvalue weighted by atomic mass is 16.4. The molecular formula is C22H29NO3. The smallest absolute Gasteiger partial charge is 0.306 e. The fraction of sp³-hybridized carbons (Fsp3) is 0.409. The van der Waals surface area contributed by atoms with E-state index in [0.717, 1.165) is 17.5 Å². The Morgan fingerprint density at radius 3 is 1.77 bits per heavy atom. The molecule has 0 saturated carbocycles. The highest BCUT2D eigenvalue weighted by Crippen LogP contribution is 2.22. The van der Waals surface area contributed by atoms with Gasteiger partial charge in [-0.1, -0.05) is 74.5 Å². The monoisotopic (exact) mass is 355 g/mol. The van der Waals surface area contributed by atoms with Gasteiger partial charge in [-0.15, -0.1) is 0 Å². The van der Waals surface area contributed by atoms with Gasteiger partial charge in [0.25, 0.3) is 0 Å². The highest BCUT2D eigenvalue weighted by molar-refractivity contribution is 5.67. The number of aliphatic hydroxyl groups excluding tert-OH is 1. The van der Waals surface area contributed by atoms with Crippen LogP contribution in [0.3, 0.4) is 0 Å². The van der Waals surface area contributed by atoms with Crippen LogP contribution in [0, 0.1) is 5.92 Å². The van der Waals surface area contributed by atoms with E-state index >= 15 is 0 Å². The molecule has 0 unspecified atom stereocenters. The number of aliphatic hydroxyl groups is 1. The summed E-state index contributed by atoms with van der Waals surface area (Å²) in [6.07, 6.45) is -0.395. The number of hydrogen-bond donors (Lipinski definition) is 2. The molecule has 0 heterocycles. The molecule has 2 N–H and O–H groups in total. The lowest BCUT2D eigenvalue weighted by Gasteiger charge is -2.36. The standard InChI is InChI=1S/C22H29NO3/c1-17(2)13-20(21(24)14-22(25)26)23(15-18-9-5-3-6-10-18)16-19-11-7-4-8-12-19/h3-12,17,20-21,24H,13-16H2,1-2H3,(H,25,26)/t20-,21+/m0/s1. The van der Waals surface area contributed by atoms with Gasteiger partial charge in [0.1, 0.15) is 0 Å². The maximum absolute atomic E-state index is 11.2. The van der Waals surface area contributed by atoms with Crippen LogP contribution >= 0.6 is 0 Å². The minimum Gasteiger partial charge on any atom is -0.481 e. The molecule has 2 aromatic carbocycles. The summed E-state index contributed by atoms with van der Waals surface area (Å²) >= 11 is 0. The van der Waals surface area contributed by atoms with E-state index in [-0.39, 0.29) is 12.5 Å². The van der Waals surface area contributed by atoms with Gasteiger partial charge < -0.3 is 10.2 Å². The molecular weight excluding hydrogens is 326 g/mol. The fourth-order valence-electron chi connectivity index (χ4n) is 3.27. The van der Waals surface area contributed by atoms with Crippen LogP contribution in [0.5, 0.6) is 0 Å². The Bertz CT molecular complexity index is 616. The van der Waals surface area contributed by atoms with Gasteiger partial charge >= 0.3 is 5.97 Å². The molecule has 4 nitrogen and oxygen atoms in total. The van der Waals surface area contributed by atoms with Gasteiger partial charge in [0.05, 0.1) is 12.5 Å². The number of rotatable bonds is 10. The molecule has 0 radical (unpaired) electrons. The predicted molar refractivity (Wildman–Crippen MR) is 104 cm³/mol. The molecule has 0 fully saturated rings. The summed E-state index contributed by atoms with van der Waals surface area (Å²) in [5.41, 5.74) is 2.31. The molecule has 0 bridgehead atoms. The summed E-state index contributed by atoms with van der Waals surface area (Å²) in [7, 11) is 0. The lowest BCUT2D eigenvalue weighted by Crippen LogP contribution is -2.44. The van der Waals surface area contributed by atoms with E-state index in [1.807, 2.05) is 36.4 Å². The molecule has 0 spiro atoms. The van der Waals surface area contributed by atoms with Crippen molar-refractivity contribution in [2.24, 2.45) is 5.92 Å². The molecule has 0 aromatic heterocycles. The molecule has 4 heteroatoms. The summed E-state index contributed by atoms with van der Waals surface area (Å²) in [5, 5.41) is 19.8. The molecule has 2 atom stereocenters. The average Bonchev–Trinajstić information content (AvgIpc) is 2.60. The molecule has 140 valence electrons. The minimum atomic E-state index is -0.967. The van der Waals surface area contributed by atoms with Crippen molar-refractivity contribution in [3.05, 3.63) is 71.8 Å². The maximum Gasteiger partial charge on any atom is 0.306 e. The third kappa shape index (κ3) is 6.62. The Kier molecular flexibility index (Phi) is 7.82. The Hall–Kier alpha value is -2.17. The first-order chi connectivity index (χ1) is 12.5. The van der Waals surface area contributed by atoms with E-state index in [2.05, 4.69) is 43.0 Å². The van der Waals surface area contributed by atoms with Crippen LogP contribution in [-0.2, 0) is 17.9 Å². The molecule has 0 aliphatic carbocycles.